The van der Waals surface area contributed by atoms with Crippen LogP contribution in [0.5, 0.6) is 0 Å². The molecule has 0 aliphatic heterocycles. The molecule has 0 saturated carbocycles. The van der Waals surface area contributed by atoms with Crippen molar-refractivity contribution in [1.82, 2.24) is 15.5 Å². The number of rotatable bonds is 8. The highest BCUT2D eigenvalue weighted by atomic mass is 15.1. The topological polar surface area (TPSA) is 37.8 Å². The highest BCUT2D eigenvalue weighted by Gasteiger charge is 2.12. The van der Waals surface area contributed by atoms with Crippen LogP contribution in [0.3, 0.4) is 0 Å². The molecule has 1 unspecified atom stereocenters. The van der Waals surface area contributed by atoms with Crippen molar-refractivity contribution in [3.63, 3.8) is 0 Å². The second-order valence-corrected chi connectivity index (χ2v) is 5.07. The molecule has 3 heteroatoms. The highest BCUT2D eigenvalue weighted by molar-refractivity contribution is 5.23. The first-order valence-electron chi connectivity index (χ1n) is 7.17. The molecule has 0 bridgehead atoms. The van der Waals surface area contributed by atoms with Gasteiger partial charge in [-0.1, -0.05) is 39.0 Å². The first-order valence-corrected chi connectivity index (χ1v) is 7.17. The molecule has 1 aromatic heterocycles. The van der Waals surface area contributed by atoms with Gasteiger partial charge in [-0.05, 0) is 38.9 Å². The second kappa shape index (κ2) is 8.20. The van der Waals surface area contributed by atoms with Crippen molar-refractivity contribution >= 4 is 0 Å². The molecular formula is C15H27N3. The zero-order valence-electron chi connectivity index (χ0n) is 12.3. The van der Waals surface area contributed by atoms with Crippen LogP contribution in [0.1, 0.15) is 68.4 Å². The molecule has 0 aromatic carbocycles. The third kappa shape index (κ3) is 4.73. The molecule has 0 aliphatic rings. The van der Waals surface area contributed by atoms with Gasteiger partial charge in [0.25, 0.3) is 0 Å². The molecule has 102 valence electrons. The minimum Gasteiger partial charge on any atom is -0.313 e. The molecule has 0 aliphatic carbocycles. The SMILES string of the molecule is CCCCCCCC(NC)c1cc(C)nnc1C. The summed E-state index contributed by atoms with van der Waals surface area (Å²) in [5.74, 6) is 0. The van der Waals surface area contributed by atoms with E-state index >= 15 is 0 Å². The van der Waals surface area contributed by atoms with Gasteiger partial charge < -0.3 is 5.32 Å². The Bertz CT molecular complexity index is 350. The lowest BCUT2D eigenvalue weighted by atomic mass is 9.99. The quantitative estimate of drug-likeness (QED) is 0.714. The van der Waals surface area contributed by atoms with E-state index in [-0.39, 0.29) is 0 Å². The van der Waals surface area contributed by atoms with E-state index < -0.39 is 0 Å². The van der Waals surface area contributed by atoms with Crippen molar-refractivity contribution in [2.75, 3.05) is 7.05 Å². The van der Waals surface area contributed by atoms with E-state index in [1.165, 1.54) is 44.1 Å². The minimum absolute atomic E-state index is 0.417. The van der Waals surface area contributed by atoms with Crippen molar-refractivity contribution in [3.05, 3.63) is 23.0 Å². The zero-order valence-corrected chi connectivity index (χ0v) is 12.3. The number of aromatic nitrogens is 2. The van der Waals surface area contributed by atoms with Crippen LogP contribution in [0.2, 0.25) is 0 Å². The van der Waals surface area contributed by atoms with Crippen molar-refractivity contribution in [2.24, 2.45) is 0 Å². The largest absolute Gasteiger partial charge is 0.313 e. The van der Waals surface area contributed by atoms with Crippen LogP contribution in [0.4, 0.5) is 0 Å². The van der Waals surface area contributed by atoms with Gasteiger partial charge in [-0.3, -0.25) is 0 Å². The molecule has 0 radical (unpaired) electrons. The van der Waals surface area contributed by atoms with Gasteiger partial charge in [0.05, 0.1) is 11.4 Å². The predicted octanol–water partition coefficient (Wildman–Crippen LogP) is 3.71. The number of aryl methyl sites for hydroxylation is 2. The fraction of sp³-hybridized carbons (Fsp3) is 0.733. The molecular weight excluding hydrogens is 222 g/mol. The summed E-state index contributed by atoms with van der Waals surface area (Å²) >= 11 is 0. The lowest BCUT2D eigenvalue weighted by Gasteiger charge is -2.18. The van der Waals surface area contributed by atoms with Gasteiger partial charge in [0.2, 0.25) is 0 Å². The maximum Gasteiger partial charge on any atom is 0.0648 e. The molecule has 1 N–H and O–H groups in total. The van der Waals surface area contributed by atoms with Crippen LogP contribution < -0.4 is 5.32 Å². The number of hydrogen-bond acceptors (Lipinski definition) is 3. The number of hydrogen-bond donors (Lipinski definition) is 1. The molecule has 1 aromatic rings. The van der Waals surface area contributed by atoms with Crippen LogP contribution in [-0.4, -0.2) is 17.2 Å². The van der Waals surface area contributed by atoms with Crippen LogP contribution in [0.25, 0.3) is 0 Å². The van der Waals surface area contributed by atoms with E-state index in [0.29, 0.717) is 6.04 Å². The molecule has 0 amide bonds. The lowest BCUT2D eigenvalue weighted by molar-refractivity contribution is 0.496. The smallest absolute Gasteiger partial charge is 0.0648 e. The number of nitrogens with zero attached hydrogens (tertiary/aromatic N) is 2. The molecule has 0 fully saturated rings. The summed E-state index contributed by atoms with van der Waals surface area (Å²) in [5, 5.41) is 11.7. The normalized spacial score (nSPS) is 12.7. The van der Waals surface area contributed by atoms with Crippen molar-refractivity contribution in [3.8, 4) is 0 Å². The Morgan fingerprint density at radius 3 is 2.50 bits per heavy atom. The van der Waals surface area contributed by atoms with Crippen LogP contribution >= 0.6 is 0 Å². The fourth-order valence-electron chi connectivity index (χ4n) is 2.33. The van der Waals surface area contributed by atoms with E-state index in [4.69, 9.17) is 0 Å². The van der Waals surface area contributed by atoms with E-state index in [1.807, 2.05) is 20.9 Å². The summed E-state index contributed by atoms with van der Waals surface area (Å²) in [5.41, 5.74) is 3.36. The Hall–Kier alpha value is -0.960. The van der Waals surface area contributed by atoms with Gasteiger partial charge in [-0.15, -0.1) is 0 Å². The van der Waals surface area contributed by atoms with Crippen molar-refractivity contribution < 1.29 is 0 Å². The van der Waals surface area contributed by atoms with Gasteiger partial charge in [-0.2, -0.15) is 10.2 Å². The predicted molar refractivity (Wildman–Crippen MR) is 76.7 cm³/mol. The summed E-state index contributed by atoms with van der Waals surface area (Å²) in [7, 11) is 2.03. The van der Waals surface area contributed by atoms with Gasteiger partial charge >= 0.3 is 0 Å². The highest BCUT2D eigenvalue weighted by Crippen LogP contribution is 2.22. The Morgan fingerprint density at radius 1 is 1.11 bits per heavy atom. The van der Waals surface area contributed by atoms with Gasteiger partial charge in [0.1, 0.15) is 0 Å². The van der Waals surface area contributed by atoms with E-state index in [2.05, 4.69) is 28.5 Å². The zero-order chi connectivity index (χ0) is 13.4. The summed E-state index contributed by atoms with van der Waals surface area (Å²) in [6, 6.07) is 2.58. The van der Waals surface area contributed by atoms with Gasteiger partial charge in [-0.25, -0.2) is 0 Å². The second-order valence-electron chi connectivity index (χ2n) is 5.07. The Morgan fingerprint density at radius 2 is 1.83 bits per heavy atom. The third-order valence-corrected chi connectivity index (χ3v) is 3.46. The standard InChI is InChI=1S/C15H27N3/c1-5-6-7-8-9-10-15(16-4)14-11-12(2)17-18-13(14)3/h11,15-16H,5-10H2,1-4H3. The molecule has 1 rings (SSSR count). The van der Waals surface area contributed by atoms with Crippen LogP contribution in [-0.2, 0) is 0 Å². The maximum atomic E-state index is 4.22. The maximum absolute atomic E-state index is 4.22. The summed E-state index contributed by atoms with van der Waals surface area (Å²) in [6.45, 7) is 6.30. The average Bonchev–Trinajstić information content (AvgIpc) is 2.37. The first kappa shape index (κ1) is 15.1. The van der Waals surface area contributed by atoms with Gasteiger partial charge in [0, 0.05) is 6.04 Å². The summed E-state index contributed by atoms with van der Waals surface area (Å²) in [4.78, 5) is 0. The number of unbranched alkanes of at least 4 members (excludes halogenated alkanes) is 4. The Balaban J connectivity index is 2.52. The first-order chi connectivity index (χ1) is 8.69. The Labute approximate surface area is 111 Å². The van der Waals surface area contributed by atoms with E-state index in [9.17, 15) is 0 Å². The summed E-state index contributed by atoms with van der Waals surface area (Å²) in [6.07, 6.45) is 7.84. The van der Waals surface area contributed by atoms with Crippen LogP contribution in [0.15, 0.2) is 6.07 Å². The molecule has 18 heavy (non-hydrogen) atoms. The molecule has 3 nitrogen and oxygen atoms in total. The Kier molecular flexibility index (Phi) is 6.88. The van der Waals surface area contributed by atoms with Gasteiger partial charge in [0.15, 0.2) is 0 Å². The average molecular weight is 249 g/mol. The fourth-order valence-corrected chi connectivity index (χ4v) is 2.33. The minimum atomic E-state index is 0.417. The molecule has 1 heterocycles. The number of nitrogens with one attached hydrogen (secondary N) is 1. The molecule has 1 atom stereocenters. The monoisotopic (exact) mass is 249 g/mol. The van der Waals surface area contributed by atoms with Crippen molar-refractivity contribution in [2.45, 2.75) is 65.3 Å². The van der Waals surface area contributed by atoms with E-state index in [1.54, 1.807) is 0 Å². The van der Waals surface area contributed by atoms with Crippen molar-refractivity contribution in [1.29, 1.82) is 0 Å². The molecule has 0 saturated heterocycles. The lowest BCUT2D eigenvalue weighted by Crippen LogP contribution is -2.18. The van der Waals surface area contributed by atoms with E-state index in [0.717, 1.165) is 11.4 Å². The van der Waals surface area contributed by atoms with Crippen LogP contribution in [0, 0.1) is 13.8 Å². The summed E-state index contributed by atoms with van der Waals surface area (Å²) < 4.78 is 0. The molecule has 0 spiro atoms. The third-order valence-electron chi connectivity index (χ3n) is 3.46.